The molecule has 0 N–H and O–H groups in total. The second-order valence-electron chi connectivity index (χ2n) is 7.25. The van der Waals surface area contributed by atoms with E-state index in [-0.39, 0.29) is 11.6 Å². The number of hydrogen-bond donors (Lipinski definition) is 0. The van der Waals surface area contributed by atoms with Crippen LogP contribution in [0.25, 0.3) is 5.69 Å². The minimum absolute atomic E-state index is 0.0995. The van der Waals surface area contributed by atoms with Gasteiger partial charge < -0.3 is 14.5 Å². The van der Waals surface area contributed by atoms with Gasteiger partial charge >= 0.3 is 0 Å². The van der Waals surface area contributed by atoms with Crippen molar-refractivity contribution >= 4 is 11.7 Å². The smallest absolute Gasteiger partial charge is 0.257 e. The summed E-state index contributed by atoms with van der Waals surface area (Å²) in [4.78, 5) is 25.5. The molecule has 0 bridgehead atoms. The third kappa shape index (κ3) is 3.92. The zero-order chi connectivity index (χ0) is 22.1. The van der Waals surface area contributed by atoms with E-state index in [9.17, 15) is 13.6 Å². The number of hydrogen-bond acceptors (Lipinski definition) is 6. The second kappa shape index (κ2) is 8.29. The number of aryl methyl sites for hydroxylation is 1. The van der Waals surface area contributed by atoms with Crippen LogP contribution < -0.4 is 9.64 Å². The fraction of sp³-hybridized carbons (Fsp3) is 0.333. The Morgan fingerprint density at radius 2 is 1.84 bits per heavy atom. The Kier molecular flexibility index (Phi) is 5.53. The average molecular weight is 428 g/mol. The SMILES string of the molecule is COc1cncc(N2CCN(C(=O)c3c(C)nn(-c4ccc(F)cc4F)c3C)CC2)n1. The summed E-state index contributed by atoms with van der Waals surface area (Å²) in [5.74, 6) is -0.448. The summed E-state index contributed by atoms with van der Waals surface area (Å²) in [6, 6.07) is 3.28. The topological polar surface area (TPSA) is 76.4 Å². The molecule has 31 heavy (non-hydrogen) atoms. The molecule has 1 aliphatic rings. The van der Waals surface area contributed by atoms with Crippen LogP contribution in [0, 0.1) is 25.5 Å². The van der Waals surface area contributed by atoms with Gasteiger partial charge in [0.05, 0.1) is 36.5 Å². The van der Waals surface area contributed by atoms with Gasteiger partial charge in [0.25, 0.3) is 5.91 Å². The van der Waals surface area contributed by atoms with E-state index in [0.29, 0.717) is 54.8 Å². The molecule has 0 unspecified atom stereocenters. The Hall–Kier alpha value is -3.56. The molecule has 0 spiro atoms. The Labute approximate surface area is 178 Å². The van der Waals surface area contributed by atoms with Gasteiger partial charge in [0.15, 0.2) is 11.6 Å². The lowest BCUT2D eigenvalue weighted by atomic mass is 10.1. The molecule has 0 aliphatic carbocycles. The molecule has 1 amide bonds. The highest BCUT2D eigenvalue weighted by Gasteiger charge is 2.28. The van der Waals surface area contributed by atoms with Gasteiger partial charge in [-0.3, -0.25) is 9.78 Å². The van der Waals surface area contributed by atoms with E-state index in [1.165, 1.54) is 24.1 Å². The molecule has 8 nitrogen and oxygen atoms in total. The zero-order valence-electron chi connectivity index (χ0n) is 17.5. The van der Waals surface area contributed by atoms with E-state index in [1.807, 2.05) is 4.90 Å². The van der Waals surface area contributed by atoms with Crippen LogP contribution in [0.1, 0.15) is 21.7 Å². The van der Waals surface area contributed by atoms with Crippen molar-refractivity contribution in [1.29, 1.82) is 0 Å². The van der Waals surface area contributed by atoms with Gasteiger partial charge in [0.1, 0.15) is 11.5 Å². The van der Waals surface area contributed by atoms with Crippen molar-refractivity contribution in [2.24, 2.45) is 0 Å². The number of halogens is 2. The molecule has 162 valence electrons. The van der Waals surface area contributed by atoms with Crippen molar-refractivity contribution in [3.8, 4) is 11.6 Å². The van der Waals surface area contributed by atoms with Crippen LogP contribution in [-0.4, -0.2) is 63.8 Å². The highest BCUT2D eigenvalue weighted by molar-refractivity contribution is 5.96. The molecule has 10 heteroatoms. The summed E-state index contributed by atoms with van der Waals surface area (Å²) < 4.78 is 34.0. The first-order chi connectivity index (χ1) is 14.9. The van der Waals surface area contributed by atoms with Crippen molar-refractivity contribution in [3.05, 3.63) is 59.2 Å². The van der Waals surface area contributed by atoms with Gasteiger partial charge in [-0.2, -0.15) is 10.1 Å². The average Bonchev–Trinajstić information content (AvgIpc) is 3.07. The number of rotatable bonds is 4. The predicted molar refractivity (Wildman–Crippen MR) is 110 cm³/mol. The van der Waals surface area contributed by atoms with Crippen molar-refractivity contribution in [2.45, 2.75) is 13.8 Å². The lowest BCUT2D eigenvalue weighted by Gasteiger charge is -2.35. The highest BCUT2D eigenvalue weighted by atomic mass is 19.1. The third-order valence-corrected chi connectivity index (χ3v) is 5.34. The molecule has 0 saturated carbocycles. The van der Waals surface area contributed by atoms with E-state index in [0.717, 1.165) is 12.1 Å². The molecule has 1 saturated heterocycles. The molecule has 4 rings (SSSR count). The van der Waals surface area contributed by atoms with Gasteiger partial charge in [-0.25, -0.2) is 13.5 Å². The number of amides is 1. The normalized spacial score (nSPS) is 14.1. The van der Waals surface area contributed by atoms with Crippen LogP contribution in [0.4, 0.5) is 14.6 Å². The monoisotopic (exact) mass is 428 g/mol. The van der Waals surface area contributed by atoms with Crippen molar-refractivity contribution < 1.29 is 18.3 Å². The summed E-state index contributed by atoms with van der Waals surface area (Å²) in [7, 11) is 1.53. The first-order valence-electron chi connectivity index (χ1n) is 9.81. The van der Waals surface area contributed by atoms with Crippen LogP contribution in [0.5, 0.6) is 5.88 Å². The van der Waals surface area contributed by atoms with Gasteiger partial charge in [-0.15, -0.1) is 0 Å². The third-order valence-electron chi connectivity index (χ3n) is 5.34. The lowest BCUT2D eigenvalue weighted by Crippen LogP contribution is -2.49. The second-order valence-corrected chi connectivity index (χ2v) is 7.25. The van der Waals surface area contributed by atoms with Gasteiger partial charge in [0.2, 0.25) is 5.88 Å². The summed E-state index contributed by atoms with van der Waals surface area (Å²) >= 11 is 0. The van der Waals surface area contributed by atoms with Crippen molar-refractivity contribution in [2.75, 3.05) is 38.2 Å². The summed E-state index contributed by atoms with van der Waals surface area (Å²) in [5.41, 5.74) is 1.53. The Balaban J connectivity index is 1.52. The predicted octanol–water partition coefficient (Wildman–Crippen LogP) is 2.53. The Morgan fingerprint density at radius 1 is 1.10 bits per heavy atom. The van der Waals surface area contributed by atoms with Crippen molar-refractivity contribution in [1.82, 2.24) is 24.6 Å². The van der Waals surface area contributed by atoms with E-state index in [4.69, 9.17) is 4.74 Å². The molecule has 2 aromatic heterocycles. The van der Waals surface area contributed by atoms with Crippen LogP contribution >= 0.6 is 0 Å². The first-order valence-corrected chi connectivity index (χ1v) is 9.81. The van der Waals surface area contributed by atoms with E-state index < -0.39 is 11.6 Å². The maximum absolute atomic E-state index is 14.2. The number of nitrogens with zero attached hydrogens (tertiary/aromatic N) is 6. The standard InChI is InChI=1S/C21H22F2N6O2/c1-13-20(14(2)29(26-13)17-5-4-15(22)10-16(17)23)21(30)28-8-6-27(7-9-28)18-11-24-12-19(25-18)31-3/h4-5,10-12H,6-9H2,1-3H3. The number of carbonyl (C=O) groups is 1. The number of benzene rings is 1. The van der Waals surface area contributed by atoms with Crippen LogP contribution in [-0.2, 0) is 0 Å². The van der Waals surface area contributed by atoms with Crippen LogP contribution in [0.15, 0.2) is 30.6 Å². The summed E-state index contributed by atoms with van der Waals surface area (Å²) in [5, 5.41) is 4.33. The number of methoxy groups -OCH3 is 1. The Morgan fingerprint density at radius 3 is 2.52 bits per heavy atom. The van der Waals surface area contributed by atoms with Gasteiger partial charge in [0, 0.05) is 32.2 Å². The minimum atomic E-state index is -0.738. The number of aromatic nitrogens is 4. The number of ether oxygens (including phenoxy) is 1. The molecular formula is C21H22F2N6O2. The molecule has 1 aromatic carbocycles. The van der Waals surface area contributed by atoms with Crippen LogP contribution in [0.3, 0.4) is 0 Å². The fourth-order valence-corrected chi connectivity index (χ4v) is 3.73. The molecule has 0 atom stereocenters. The zero-order valence-corrected chi connectivity index (χ0v) is 17.5. The molecule has 3 heterocycles. The fourth-order valence-electron chi connectivity index (χ4n) is 3.73. The van der Waals surface area contributed by atoms with E-state index in [1.54, 1.807) is 24.9 Å². The van der Waals surface area contributed by atoms with Crippen molar-refractivity contribution in [3.63, 3.8) is 0 Å². The first kappa shape index (κ1) is 20.7. The maximum Gasteiger partial charge on any atom is 0.257 e. The van der Waals surface area contributed by atoms with Crippen LogP contribution in [0.2, 0.25) is 0 Å². The molecular weight excluding hydrogens is 406 g/mol. The largest absolute Gasteiger partial charge is 0.480 e. The quantitative estimate of drug-likeness (QED) is 0.636. The summed E-state index contributed by atoms with van der Waals surface area (Å²) in [6.45, 7) is 5.58. The minimum Gasteiger partial charge on any atom is -0.480 e. The molecule has 1 fully saturated rings. The lowest BCUT2D eigenvalue weighted by molar-refractivity contribution is 0.0745. The number of anilines is 1. The maximum atomic E-state index is 14.2. The van der Waals surface area contributed by atoms with E-state index in [2.05, 4.69) is 15.1 Å². The number of carbonyl (C=O) groups excluding carboxylic acids is 1. The van der Waals surface area contributed by atoms with Gasteiger partial charge in [-0.05, 0) is 26.0 Å². The molecule has 1 aliphatic heterocycles. The van der Waals surface area contributed by atoms with E-state index >= 15 is 0 Å². The Bertz CT molecular complexity index is 1130. The molecule has 3 aromatic rings. The highest BCUT2D eigenvalue weighted by Crippen LogP contribution is 2.23. The summed E-state index contributed by atoms with van der Waals surface area (Å²) in [6.07, 6.45) is 3.20. The van der Waals surface area contributed by atoms with Gasteiger partial charge in [-0.1, -0.05) is 0 Å². The number of piperazine rings is 1. The molecule has 0 radical (unpaired) electrons.